The van der Waals surface area contributed by atoms with Gasteiger partial charge in [-0.05, 0) is 47.2 Å². The van der Waals surface area contributed by atoms with Gasteiger partial charge in [0.1, 0.15) is 23.2 Å². The predicted molar refractivity (Wildman–Crippen MR) is 179 cm³/mol. The minimum atomic E-state index is -1.10. The standard InChI is InChI=1S/C36H38ClN5O7/c1-5-6-7-8-13-25(43)38-23-17-19-14-15-24-21(16-19)36(20-11-9-10-12-22(20)39-35(36)47-24)29-27(33-42-28(30(37)49-33)34(45)46-4)41-32(48-29)26(18(2)3)40-31(23)44/h9-12,14-16,18,23,26,35,39H,5-8,13,17H2,1-4H3,(H,38,43)(H,40,44)/t23-,26-,35?,36-/m0/s1. The number of rotatable bonds is 9. The van der Waals surface area contributed by atoms with Crippen LogP contribution in [0.2, 0.25) is 5.22 Å². The fourth-order valence-corrected chi connectivity index (χ4v) is 7.24. The molecule has 12 nitrogen and oxygen atoms in total. The van der Waals surface area contributed by atoms with Crippen LogP contribution >= 0.6 is 11.6 Å². The molecule has 0 saturated heterocycles. The SMILES string of the molecule is CCCCCCC(=O)N[C@H]1Cc2ccc3c(c2)[C@@]2(c4ccccc4NC2O3)c2oc(nc2-c2nc(C(=O)OC)c(Cl)o2)[C@H](C(C)C)NC1=O. The van der Waals surface area contributed by atoms with Crippen LogP contribution in [-0.4, -0.2) is 47.1 Å². The first-order chi connectivity index (χ1) is 23.6. The van der Waals surface area contributed by atoms with E-state index in [1.807, 2.05) is 56.3 Å². The number of anilines is 1. The Balaban J connectivity index is 1.43. The Labute approximate surface area is 288 Å². The number of unbranched alkanes of at least 4 members (excludes halogenated alkanes) is 3. The van der Waals surface area contributed by atoms with Crippen molar-refractivity contribution in [3.05, 3.63) is 81.7 Å². The molecule has 0 saturated carbocycles. The second-order valence-corrected chi connectivity index (χ2v) is 13.4. The number of para-hydroxylation sites is 1. The molecular formula is C36H38ClN5O7. The highest BCUT2D eigenvalue weighted by molar-refractivity contribution is 6.31. The van der Waals surface area contributed by atoms with Gasteiger partial charge in [-0.25, -0.2) is 9.78 Å². The van der Waals surface area contributed by atoms with Gasteiger partial charge in [0.2, 0.25) is 28.6 Å². The summed E-state index contributed by atoms with van der Waals surface area (Å²) in [6, 6.07) is 12.0. The number of nitrogens with one attached hydrogen (secondary N) is 3. The zero-order valence-electron chi connectivity index (χ0n) is 27.7. The summed E-state index contributed by atoms with van der Waals surface area (Å²) in [5.74, 6) is -0.430. The number of benzene rings is 2. The van der Waals surface area contributed by atoms with Gasteiger partial charge in [0.25, 0.3) is 5.89 Å². The monoisotopic (exact) mass is 687 g/mol. The van der Waals surface area contributed by atoms with Crippen molar-refractivity contribution in [2.24, 2.45) is 5.92 Å². The number of fused-ring (bicyclic) bond motifs is 4. The van der Waals surface area contributed by atoms with Gasteiger partial charge in [0.05, 0.1) is 7.11 Å². The molecule has 3 N–H and O–H groups in total. The Hall–Kier alpha value is -4.84. The molecule has 2 aromatic carbocycles. The highest BCUT2D eigenvalue weighted by atomic mass is 35.5. The molecule has 4 aromatic rings. The van der Waals surface area contributed by atoms with E-state index in [-0.39, 0.29) is 52.5 Å². The molecule has 256 valence electrons. The van der Waals surface area contributed by atoms with Crippen molar-refractivity contribution >= 4 is 35.1 Å². The molecule has 3 aliphatic heterocycles. The number of ether oxygens (including phenoxy) is 2. The molecule has 0 radical (unpaired) electrons. The number of aromatic nitrogens is 2. The maximum atomic E-state index is 14.0. The van der Waals surface area contributed by atoms with Crippen LogP contribution in [0.3, 0.4) is 0 Å². The van der Waals surface area contributed by atoms with Crippen molar-refractivity contribution in [2.75, 3.05) is 12.4 Å². The number of amides is 2. The largest absolute Gasteiger partial charge is 0.469 e. The number of methoxy groups -OCH3 is 1. The normalized spacial score (nSPS) is 21.8. The average Bonchev–Trinajstić information content (AvgIpc) is 3.84. The van der Waals surface area contributed by atoms with Crippen LogP contribution in [0.25, 0.3) is 11.6 Å². The minimum absolute atomic E-state index is 0.0607. The van der Waals surface area contributed by atoms with Crippen LogP contribution in [0.4, 0.5) is 5.69 Å². The van der Waals surface area contributed by atoms with Gasteiger partial charge in [0.15, 0.2) is 17.7 Å². The lowest BCUT2D eigenvalue weighted by Crippen LogP contribution is -2.49. The summed E-state index contributed by atoms with van der Waals surface area (Å²) in [6.45, 7) is 5.99. The van der Waals surface area contributed by atoms with Crippen molar-refractivity contribution in [1.29, 1.82) is 0 Å². The number of carbonyl (C=O) groups excluding carboxylic acids is 3. The number of oxazole rings is 2. The molecule has 5 heterocycles. The number of halogens is 1. The van der Waals surface area contributed by atoms with Gasteiger partial charge in [-0.2, -0.15) is 4.98 Å². The second-order valence-electron chi connectivity index (χ2n) is 13.1. The number of nitrogens with zero attached hydrogens (tertiary/aromatic N) is 2. The number of hydrogen-bond acceptors (Lipinski definition) is 10. The molecule has 3 aliphatic rings. The van der Waals surface area contributed by atoms with Crippen LogP contribution in [0.1, 0.15) is 97.7 Å². The summed E-state index contributed by atoms with van der Waals surface area (Å²) >= 11 is 6.36. The highest BCUT2D eigenvalue weighted by Crippen LogP contribution is 2.59. The third-order valence-corrected chi connectivity index (χ3v) is 9.75. The van der Waals surface area contributed by atoms with Crippen molar-refractivity contribution in [3.8, 4) is 17.3 Å². The Morgan fingerprint density at radius 1 is 1.08 bits per heavy atom. The van der Waals surface area contributed by atoms with Gasteiger partial charge in [-0.3, -0.25) is 9.59 Å². The molecule has 0 fully saturated rings. The van der Waals surface area contributed by atoms with Gasteiger partial charge >= 0.3 is 5.97 Å². The maximum Gasteiger partial charge on any atom is 0.361 e. The lowest BCUT2D eigenvalue weighted by Gasteiger charge is -2.28. The lowest BCUT2D eigenvalue weighted by atomic mass is 9.72. The predicted octanol–water partition coefficient (Wildman–Crippen LogP) is 6.07. The van der Waals surface area contributed by atoms with E-state index < -0.39 is 29.7 Å². The van der Waals surface area contributed by atoms with Gasteiger partial charge in [0, 0.05) is 24.1 Å². The Morgan fingerprint density at radius 3 is 2.67 bits per heavy atom. The van der Waals surface area contributed by atoms with Crippen molar-refractivity contribution in [1.82, 2.24) is 20.6 Å². The molecule has 0 aliphatic carbocycles. The Kier molecular flexibility index (Phi) is 8.60. The van der Waals surface area contributed by atoms with E-state index in [9.17, 15) is 14.4 Å². The van der Waals surface area contributed by atoms with E-state index in [0.717, 1.165) is 48.1 Å². The second kappa shape index (κ2) is 12.9. The smallest absolute Gasteiger partial charge is 0.361 e. The van der Waals surface area contributed by atoms with Crippen LogP contribution in [-0.2, 0) is 26.2 Å². The first-order valence-corrected chi connectivity index (χ1v) is 17.1. The summed E-state index contributed by atoms with van der Waals surface area (Å²) in [5, 5.41) is 9.36. The third kappa shape index (κ3) is 5.51. The minimum Gasteiger partial charge on any atom is -0.469 e. The number of hydrogen-bond donors (Lipinski definition) is 3. The van der Waals surface area contributed by atoms with Gasteiger partial charge in [-0.1, -0.05) is 70.4 Å². The first kappa shape index (κ1) is 32.7. The number of esters is 1. The molecular weight excluding hydrogens is 650 g/mol. The fraction of sp³-hybridized carbons (Fsp3) is 0.417. The van der Waals surface area contributed by atoms with Crippen molar-refractivity contribution < 1.29 is 32.7 Å². The van der Waals surface area contributed by atoms with E-state index in [2.05, 4.69) is 27.9 Å². The summed E-state index contributed by atoms with van der Waals surface area (Å²) in [6.07, 6.45) is 3.74. The highest BCUT2D eigenvalue weighted by Gasteiger charge is 2.61. The first-order valence-electron chi connectivity index (χ1n) is 16.7. The molecule has 4 atom stereocenters. The molecule has 49 heavy (non-hydrogen) atoms. The van der Waals surface area contributed by atoms with E-state index in [1.165, 1.54) is 7.11 Å². The van der Waals surface area contributed by atoms with Crippen LogP contribution in [0.5, 0.6) is 5.75 Å². The third-order valence-electron chi connectivity index (χ3n) is 9.49. The van der Waals surface area contributed by atoms with Crippen LogP contribution in [0.15, 0.2) is 51.3 Å². The zero-order chi connectivity index (χ0) is 34.4. The molecule has 13 heteroatoms. The van der Waals surface area contributed by atoms with Gasteiger partial charge < -0.3 is 34.3 Å². The summed E-state index contributed by atoms with van der Waals surface area (Å²) in [4.78, 5) is 49.0. The van der Waals surface area contributed by atoms with Crippen LogP contribution < -0.4 is 20.7 Å². The maximum absolute atomic E-state index is 14.0. The van der Waals surface area contributed by atoms with E-state index in [4.69, 9.17) is 34.9 Å². The van der Waals surface area contributed by atoms with E-state index in [1.54, 1.807) is 0 Å². The Bertz CT molecular complexity index is 1940. The Morgan fingerprint density at radius 2 is 1.90 bits per heavy atom. The van der Waals surface area contributed by atoms with Gasteiger partial charge in [-0.15, -0.1) is 0 Å². The topological polar surface area (TPSA) is 158 Å². The quantitative estimate of drug-likeness (QED) is 0.139. The van der Waals surface area contributed by atoms with Crippen molar-refractivity contribution in [2.45, 2.75) is 83.0 Å². The summed E-state index contributed by atoms with van der Waals surface area (Å²) in [5.41, 5.74) is 2.17. The summed E-state index contributed by atoms with van der Waals surface area (Å²) in [7, 11) is 1.22. The fourth-order valence-electron chi connectivity index (χ4n) is 7.05. The van der Waals surface area contributed by atoms with E-state index >= 15 is 0 Å². The average molecular weight is 688 g/mol. The molecule has 2 aromatic heterocycles. The number of carbonyl (C=O) groups is 3. The molecule has 1 spiro atoms. The molecule has 7 rings (SSSR count). The molecule has 2 amide bonds. The van der Waals surface area contributed by atoms with Crippen molar-refractivity contribution in [3.63, 3.8) is 0 Å². The summed E-state index contributed by atoms with van der Waals surface area (Å²) < 4.78 is 24.1. The van der Waals surface area contributed by atoms with Crippen LogP contribution in [0, 0.1) is 5.92 Å². The van der Waals surface area contributed by atoms with E-state index in [0.29, 0.717) is 17.9 Å². The molecule has 4 bridgehead atoms. The lowest BCUT2D eigenvalue weighted by molar-refractivity contribution is -0.129. The molecule has 1 unspecified atom stereocenters. The zero-order valence-corrected chi connectivity index (χ0v) is 28.5.